The zero-order valence-corrected chi connectivity index (χ0v) is 39.0. The number of benzene rings is 5. The first-order chi connectivity index (χ1) is 27.6. The maximum Gasteiger partial charge on any atom is 0.244 e. The van der Waals surface area contributed by atoms with Crippen molar-refractivity contribution in [1.82, 2.24) is 0 Å². The molecule has 2 aliphatic heterocycles. The number of rotatable bonds is 8. The average molecular weight is 795 g/mol. The molecular weight excluding hydrogens is 734 g/mol. The molecule has 0 saturated heterocycles. The first-order valence-corrected chi connectivity index (χ1v) is 23.8. The van der Waals surface area contributed by atoms with E-state index in [1.54, 1.807) is 10.9 Å². The minimum Gasteiger partial charge on any atom is -0.141 e. The number of fused-ring (bicyclic) bond motifs is 6. The summed E-state index contributed by atoms with van der Waals surface area (Å²) in [4.78, 5) is 5.75. The highest BCUT2D eigenvalue weighted by Crippen LogP contribution is 2.48. The van der Waals surface area contributed by atoms with Crippen LogP contribution in [-0.4, -0.2) is 13.4 Å². The third-order valence-corrected chi connectivity index (χ3v) is 15.8. The summed E-state index contributed by atoms with van der Waals surface area (Å²) in [5, 5.41) is 5.80. The minimum atomic E-state index is 0.183. The standard InChI is InChI=1S/C54H60B2S2/c1-27(2)35-23-39(29(5)6)51(40(24-35)30(7)8)55-43-19-15-17-37-47(43)49(53-45(55)21-33(13)57-53)38-18-16-20-44-48(38)50(37)54-46(22-34(14)58-54)56(44)52-41(31(9)10)25-36(28(3)4)26-42(52)32(11)12/h15-32H,1-14H3. The molecule has 7 aromatic rings. The van der Waals surface area contributed by atoms with Gasteiger partial charge in [-0.3, -0.25) is 0 Å². The van der Waals surface area contributed by atoms with Gasteiger partial charge in [0.25, 0.3) is 0 Å². The van der Waals surface area contributed by atoms with Crippen molar-refractivity contribution in [2.45, 2.75) is 132 Å². The second-order valence-electron chi connectivity index (χ2n) is 19.6. The first-order valence-electron chi connectivity index (χ1n) is 22.2. The van der Waals surface area contributed by atoms with E-state index in [1.165, 1.54) is 107 Å². The van der Waals surface area contributed by atoms with Crippen LogP contribution in [0.4, 0.5) is 0 Å². The third-order valence-electron chi connectivity index (χ3n) is 13.6. The molecular formula is C54H60B2S2. The van der Waals surface area contributed by atoms with Crippen LogP contribution in [0.1, 0.15) is 162 Å². The van der Waals surface area contributed by atoms with Crippen LogP contribution in [-0.2, 0) is 0 Å². The number of thiophene rings is 2. The van der Waals surface area contributed by atoms with Crippen molar-refractivity contribution in [3.8, 4) is 20.9 Å². The molecule has 5 aromatic carbocycles. The van der Waals surface area contributed by atoms with Gasteiger partial charge in [0.2, 0.25) is 13.4 Å². The molecule has 0 spiro atoms. The highest BCUT2D eigenvalue weighted by Gasteiger charge is 2.42. The average Bonchev–Trinajstić information content (AvgIpc) is 3.75. The van der Waals surface area contributed by atoms with E-state index in [-0.39, 0.29) is 13.4 Å². The van der Waals surface area contributed by atoms with Crippen LogP contribution in [0.2, 0.25) is 0 Å². The molecule has 0 bridgehead atoms. The van der Waals surface area contributed by atoms with Crippen molar-refractivity contribution in [3.63, 3.8) is 0 Å². The maximum atomic E-state index is 2.56. The molecule has 0 N–H and O–H groups in total. The summed E-state index contributed by atoms with van der Waals surface area (Å²) in [5.41, 5.74) is 21.0. The molecule has 58 heavy (non-hydrogen) atoms. The van der Waals surface area contributed by atoms with Crippen LogP contribution in [0.3, 0.4) is 0 Å². The van der Waals surface area contributed by atoms with Gasteiger partial charge in [-0.25, -0.2) is 0 Å². The zero-order chi connectivity index (χ0) is 41.2. The molecule has 0 fully saturated rings. The topological polar surface area (TPSA) is 0 Å². The molecule has 4 heteroatoms. The smallest absolute Gasteiger partial charge is 0.141 e. The van der Waals surface area contributed by atoms with Crippen molar-refractivity contribution >= 4 is 90.4 Å². The summed E-state index contributed by atoms with van der Waals surface area (Å²) in [6.45, 7) is 33.7. The highest BCUT2D eigenvalue weighted by atomic mass is 32.1. The molecule has 2 aliphatic rings. The van der Waals surface area contributed by atoms with E-state index in [0.717, 1.165) is 0 Å². The van der Waals surface area contributed by atoms with Gasteiger partial charge in [0, 0.05) is 30.6 Å². The van der Waals surface area contributed by atoms with E-state index in [2.05, 4.69) is 170 Å². The van der Waals surface area contributed by atoms with Crippen LogP contribution >= 0.6 is 22.7 Å². The molecule has 4 heterocycles. The van der Waals surface area contributed by atoms with Crippen molar-refractivity contribution in [3.05, 3.63) is 116 Å². The van der Waals surface area contributed by atoms with E-state index in [0.29, 0.717) is 35.5 Å². The lowest BCUT2D eigenvalue weighted by Gasteiger charge is -2.34. The fourth-order valence-electron chi connectivity index (χ4n) is 10.9. The minimum absolute atomic E-state index is 0.183. The Bertz CT molecular complexity index is 2540. The summed E-state index contributed by atoms with van der Waals surface area (Å²) in [6, 6.07) is 30.1. The Hall–Kier alpha value is -3.85. The molecule has 0 radical (unpaired) electrons. The van der Waals surface area contributed by atoms with Gasteiger partial charge in [-0.15, -0.1) is 22.7 Å². The van der Waals surface area contributed by atoms with Gasteiger partial charge in [0.1, 0.15) is 0 Å². The van der Waals surface area contributed by atoms with Crippen LogP contribution in [0, 0.1) is 13.8 Å². The van der Waals surface area contributed by atoms with Gasteiger partial charge in [-0.2, -0.15) is 0 Å². The van der Waals surface area contributed by atoms with Gasteiger partial charge in [0.15, 0.2) is 0 Å². The molecule has 9 rings (SSSR count). The molecule has 0 unspecified atom stereocenters. The molecule has 2 aromatic heterocycles. The van der Waals surface area contributed by atoms with Gasteiger partial charge in [-0.05, 0) is 104 Å². The van der Waals surface area contributed by atoms with Crippen molar-refractivity contribution in [1.29, 1.82) is 0 Å². The van der Waals surface area contributed by atoms with Gasteiger partial charge < -0.3 is 0 Å². The quantitative estimate of drug-likeness (QED) is 0.106. The first kappa shape index (κ1) is 39.6. The lowest BCUT2D eigenvalue weighted by atomic mass is 9.31. The highest BCUT2D eigenvalue weighted by molar-refractivity contribution is 7.20. The van der Waals surface area contributed by atoms with Crippen molar-refractivity contribution in [2.24, 2.45) is 0 Å². The van der Waals surface area contributed by atoms with Crippen LogP contribution < -0.4 is 32.8 Å². The second kappa shape index (κ2) is 14.4. The molecule has 0 amide bonds. The van der Waals surface area contributed by atoms with Crippen LogP contribution in [0.5, 0.6) is 0 Å². The van der Waals surface area contributed by atoms with Gasteiger partial charge in [0.05, 0.1) is 0 Å². The summed E-state index contributed by atoms with van der Waals surface area (Å²) in [7, 11) is 0. The summed E-state index contributed by atoms with van der Waals surface area (Å²) in [5.74, 6) is 2.66. The maximum absolute atomic E-state index is 2.56. The fraction of sp³-hybridized carbons (Fsp3) is 0.370. The molecule has 0 nitrogen and oxygen atoms in total. The third kappa shape index (κ3) is 5.89. The summed E-state index contributed by atoms with van der Waals surface area (Å²) in [6.07, 6.45) is 0. The zero-order valence-electron chi connectivity index (χ0n) is 37.4. The van der Waals surface area contributed by atoms with Gasteiger partial charge >= 0.3 is 0 Å². The van der Waals surface area contributed by atoms with Crippen LogP contribution in [0.15, 0.2) is 72.8 Å². The lowest BCUT2D eigenvalue weighted by Crippen LogP contribution is -2.57. The van der Waals surface area contributed by atoms with Gasteiger partial charge in [-0.1, -0.05) is 189 Å². The van der Waals surface area contributed by atoms with E-state index >= 15 is 0 Å². The molecule has 0 aliphatic carbocycles. The van der Waals surface area contributed by atoms with E-state index < -0.39 is 0 Å². The summed E-state index contributed by atoms with van der Waals surface area (Å²) < 4.78 is 0. The summed E-state index contributed by atoms with van der Waals surface area (Å²) >= 11 is 4.04. The predicted octanol–water partition coefficient (Wildman–Crippen LogP) is 12.5. The Morgan fingerprint density at radius 1 is 0.397 bits per heavy atom. The molecule has 0 saturated carbocycles. The van der Waals surface area contributed by atoms with Crippen molar-refractivity contribution in [2.75, 3.05) is 0 Å². The lowest BCUT2D eigenvalue weighted by molar-refractivity contribution is 0.812. The normalized spacial score (nSPS) is 13.5. The van der Waals surface area contributed by atoms with E-state index in [1.807, 2.05) is 22.7 Å². The largest absolute Gasteiger partial charge is 0.244 e. The Morgan fingerprint density at radius 2 is 0.724 bits per heavy atom. The fourth-order valence-corrected chi connectivity index (χ4v) is 13.1. The number of aryl methyl sites for hydroxylation is 2. The predicted molar refractivity (Wildman–Crippen MR) is 264 cm³/mol. The molecule has 294 valence electrons. The Balaban J connectivity index is 1.44. The Morgan fingerprint density at radius 3 is 1.02 bits per heavy atom. The number of hydrogen-bond donors (Lipinski definition) is 0. The number of hydrogen-bond acceptors (Lipinski definition) is 2. The Labute approximate surface area is 357 Å². The SMILES string of the molecule is Cc1cc2c(s1)-c1c3cccc4c3c(c3cccc(c13)B2c1c(C(C)C)cc(C(C)C)cc1C(C)C)-c1sc(C)cc1B4c1c(C(C)C)cc(C(C)C)cc1C(C)C. The molecule has 0 atom stereocenters. The van der Waals surface area contributed by atoms with Crippen molar-refractivity contribution < 1.29 is 0 Å². The second-order valence-corrected chi connectivity index (χ2v) is 22.1. The van der Waals surface area contributed by atoms with E-state index in [9.17, 15) is 0 Å². The Kier molecular flexibility index (Phi) is 9.84. The van der Waals surface area contributed by atoms with Crippen LogP contribution in [0.25, 0.3) is 42.4 Å². The monoisotopic (exact) mass is 794 g/mol. The van der Waals surface area contributed by atoms with E-state index in [4.69, 9.17) is 0 Å².